The molecule has 3 heterocycles. The second kappa shape index (κ2) is 16.4. The third kappa shape index (κ3) is 9.34. The number of carbonyl (C=O) groups is 3. The number of rotatable bonds is 15. The van der Waals surface area contributed by atoms with Gasteiger partial charge in [-0.3, -0.25) is 23.6 Å². The number of pyridine rings is 1. The van der Waals surface area contributed by atoms with E-state index in [-0.39, 0.29) is 75.1 Å². The van der Waals surface area contributed by atoms with Crippen LogP contribution in [0.2, 0.25) is 10.0 Å². The van der Waals surface area contributed by atoms with Crippen molar-refractivity contribution < 1.29 is 56.3 Å². The molecule has 6 rings (SSSR count). The van der Waals surface area contributed by atoms with Crippen molar-refractivity contribution in [1.82, 2.24) is 14.9 Å². The molecule has 1 fully saturated rings. The first-order valence-electron chi connectivity index (χ1n) is 15.8. The summed E-state index contributed by atoms with van der Waals surface area (Å²) in [6.07, 6.45) is 7.45. The van der Waals surface area contributed by atoms with E-state index < -0.39 is 47.1 Å². The second-order valence-corrected chi connectivity index (χ2v) is 14.7. The minimum atomic E-state index is -3.89. The SMILES string of the molecule is CS(=O)(=O)N(Cc1ncccn1)c1ccc2c(c1)C(=O)N(CC(=O)O[C@@H](Cc1c(Cl)c[nH+]cc1Cl)c1ccc(OC(F)F)c(OCC3CC3)c1)C2=O.[OH-]. The predicted molar refractivity (Wildman–Crippen MR) is 184 cm³/mol. The molecule has 0 unspecified atom stereocenters. The van der Waals surface area contributed by atoms with Crippen molar-refractivity contribution in [2.75, 3.05) is 23.7 Å². The van der Waals surface area contributed by atoms with Crippen LogP contribution in [0.15, 0.2) is 67.3 Å². The average molecular weight is 795 g/mol. The van der Waals surface area contributed by atoms with Gasteiger partial charge >= 0.3 is 12.6 Å². The van der Waals surface area contributed by atoms with E-state index in [1.807, 2.05) is 0 Å². The topological polar surface area (TPSA) is 189 Å². The summed E-state index contributed by atoms with van der Waals surface area (Å²) in [6, 6.07) is 9.56. The van der Waals surface area contributed by atoms with Crippen LogP contribution in [0, 0.1) is 5.92 Å². The summed E-state index contributed by atoms with van der Waals surface area (Å²) in [5.74, 6) is -2.39. The van der Waals surface area contributed by atoms with E-state index in [0.29, 0.717) is 16.0 Å². The molecule has 2 amide bonds. The van der Waals surface area contributed by atoms with E-state index in [1.165, 1.54) is 61.2 Å². The molecule has 0 saturated heterocycles. The van der Waals surface area contributed by atoms with Gasteiger partial charge in [-0.15, -0.1) is 0 Å². The standard InChI is InChI=1S/C34H29Cl2F2N5O8S.H2O/c1-52(47,48)43(16-30-40-9-2-10-41-30)21-6-7-22-23(12-21)33(46)42(32(22)45)17-31(44)50-28(13-24-25(35)14-39-15-26(24)36)20-5-8-27(51-34(37)38)29(11-20)49-18-19-3-4-19;/h2,5-12,14-15,19,28,34H,3-4,13,16-18H2,1H3;1H2/t28-;/m0./s1. The Kier molecular flexibility index (Phi) is 12.1. The van der Waals surface area contributed by atoms with Gasteiger partial charge in [0.25, 0.3) is 11.8 Å². The van der Waals surface area contributed by atoms with Crippen LogP contribution in [0.25, 0.3) is 0 Å². The zero-order valence-corrected chi connectivity index (χ0v) is 30.1. The molecule has 2 N–H and O–H groups in total. The number of hydrogen-bond donors (Lipinski definition) is 0. The Morgan fingerprint density at radius 3 is 2.34 bits per heavy atom. The van der Waals surface area contributed by atoms with Crippen LogP contribution < -0.4 is 18.8 Å². The number of aromatic nitrogens is 3. The number of nitrogens with zero attached hydrogens (tertiary/aromatic N) is 4. The van der Waals surface area contributed by atoms with Crippen LogP contribution in [-0.4, -0.2) is 72.6 Å². The molecule has 14 nitrogen and oxygen atoms in total. The first-order chi connectivity index (χ1) is 24.8. The Hall–Kier alpha value is -4.97. The van der Waals surface area contributed by atoms with E-state index in [1.54, 1.807) is 6.07 Å². The Morgan fingerprint density at radius 1 is 1.02 bits per heavy atom. The summed E-state index contributed by atoms with van der Waals surface area (Å²) in [7, 11) is -3.89. The van der Waals surface area contributed by atoms with Crippen LogP contribution in [0.4, 0.5) is 14.5 Å². The molecule has 1 atom stereocenters. The highest BCUT2D eigenvalue weighted by Crippen LogP contribution is 2.38. The van der Waals surface area contributed by atoms with Crippen molar-refractivity contribution in [3.8, 4) is 11.5 Å². The molecule has 1 saturated carbocycles. The number of nitrogens with one attached hydrogen (secondary N) is 1. The summed E-state index contributed by atoms with van der Waals surface area (Å²) < 4.78 is 69.1. The highest BCUT2D eigenvalue weighted by Gasteiger charge is 2.39. The van der Waals surface area contributed by atoms with Gasteiger partial charge in [0.2, 0.25) is 10.0 Å². The number of aromatic amines is 1. The lowest BCUT2D eigenvalue weighted by Crippen LogP contribution is -2.36. The fraction of sp³-hybridized carbons (Fsp3) is 0.294. The molecular formula is C34H31Cl2F2N5O9S. The molecule has 4 aromatic rings. The van der Waals surface area contributed by atoms with Gasteiger partial charge < -0.3 is 19.7 Å². The van der Waals surface area contributed by atoms with Crippen LogP contribution in [0.3, 0.4) is 0 Å². The quantitative estimate of drug-likeness (QED) is 0.118. The van der Waals surface area contributed by atoms with Crippen molar-refractivity contribution in [2.45, 2.75) is 38.5 Å². The van der Waals surface area contributed by atoms with Crippen molar-refractivity contribution in [3.05, 3.63) is 105 Å². The first kappa shape index (κ1) is 39.2. The minimum absolute atomic E-state index is 0. The molecule has 53 heavy (non-hydrogen) atoms. The summed E-state index contributed by atoms with van der Waals surface area (Å²) in [6.45, 7) is -3.91. The molecule has 2 aromatic carbocycles. The maximum atomic E-state index is 13.5. The maximum absolute atomic E-state index is 13.5. The lowest BCUT2D eigenvalue weighted by molar-refractivity contribution is -0.377. The normalized spacial score (nSPS) is 14.4. The molecule has 280 valence electrons. The molecule has 2 aromatic heterocycles. The lowest BCUT2D eigenvalue weighted by Gasteiger charge is -2.22. The number of sulfonamides is 1. The summed E-state index contributed by atoms with van der Waals surface area (Å²) >= 11 is 12.8. The Bertz CT molecular complexity index is 2110. The van der Waals surface area contributed by atoms with Gasteiger partial charge in [0, 0.05) is 24.4 Å². The Morgan fingerprint density at radius 2 is 1.70 bits per heavy atom. The van der Waals surface area contributed by atoms with Gasteiger partial charge in [0.1, 0.15) is 28.5 Å². The smallest absolute Gasteiger partial charge is 0.387 e. The number of amides is 2. The third-order valence-corrected chi connectivity index (χ3v) is 10.0. The summed E-state index contributed by atoms with van der Waals surface area (Å²) in [5, 5.41) is 0.434. The fourth-order valence-corrected chi connectivity index (χ4v) is 6.83. The van der Waals surface area contributed by atoms with E-state index in [9.17, 15) is 31.6 Å². The molecule has 0 radical (unpaired) electrons. The zero-order valence-electron chi connectivity index (χ0n) is 27.7. The number of esters is 1. The molecular weight excluding hydrogens is 763 g/mol. The van der Waals surface area contributed by atoms with Gasteiger partial charge in [-0.05, 0) is 60.7 Å². The van der Waals surface area contributed by atoms with Gasteiger partial charge in [-0.25, -0.2) is 23.4 Å². The van der Waals surface area contributed by atoms with Crippen LogP contribution in [-0.2, 0) is 32.5 Å². The summed E-state index contributed by atoms with van der Waals surface area (Å²) in [5.41, 5.74) is 0.593. The number of alkyl halides is 2. The number of fused-ring (bicyclic) bond motifs is 1. The number of ether oxygens (including phenoxy) is 3. The van der Waals surface area contributed by atoms with Crippen molar-refractivity contribution in [3.63, 3.8) is 0 Å². The van der Waals surface area contributed by atoms with Crippen molar-refractivity contribution in [1.29, 1.82) is 0 Å². The molecule has 2 aliphatic rings. The van der Waals surface area contributed by atoms with Gasteiger partial charge in [-0.1, -0.05) is 29.3 Å². The van der Waals surface area contributed by atoms with Gasteiger partial charge in [0.05, 0.1) is 36.2 Å². The number of benzene rings is 2. The number of carbonyl (C=O) groups excluding carboxylic acids is 3. The summed E-state index contributed by atoms with van der Waals surface area (Å²) in [4.78, 5) is 52.0. The van der Waals surface area contributed by atoms with E-state index in [2.05, 4.69) is 19.7 Å². The molecule has 19 heteroatoms. The van der Waals surface area contributed by atoms with E-state index in [0.717, 1.165) is 23.4 Å². The highest BCUT2D eigenvalue weighted by molar-refractivity contribution is 7.92. The highest BCUT2D eigenvalue weighted by atomic mass is 35.5. The van der Waals surface area contributed by atoms with E-state index in [4.69, 9.17) is 32.7 Å². The lowest BCUT2D eigenvalue weighted by atomic mass is 10.0. The van der Waals surface area contributed by atoms with Gasteiger partial charge in [-0.2, -0.15) is 8.78 Å². The van der Waals surface area contributed by atoms with Crippen molar-refractivity contribution in [2.24, 2.45) is 5.92 Å². The van der Waals surface area contributed by atoms with E-state index >= 15 is 0 Å². The maximum Gasteiger partial charge on any atom is 0.387 e. The predicted octanol–water partition coefficient (Wildman–Crippen LogP) is 4.90. The number of anilines is 1. The number of imide groups is 1. The number of H-pyrrole nitrogens is 1. The molecule has 0 bridgehead atoms. The third-order valence-electron chi connectivity index (χ3n) is 8.22. The molecule has 1 aliphatic carbocycles. The van der Waals surface area contributed by atoms with Crippen molar-refractivity contribution >= 4 is 56.7 Å². The number of hydrogen-bond acceptors (Lipinski definition) is 11. The Balaban J connectivity index is 0.00000541. The van der Waals surface area contributed by atoms with Crippen LogP contribution >= 0.6 is 23.2 Å². The first-order valence-corrected chi connectivity index (χ1v) is 18.4. The van der Waals surface area contributed by atoms with Crippen LogP contribution in [0.1, 0.15) is 56.6 Å². The second-order valence-electron chi connectivity index (χ2n) is 12.0. The monoisotopic (exact) mass is 793 g/mol. The molecule has 0 spiro atoms. The fourth-order valence-electron chi connectivity index (χ4n) is 5.45. The molecule has 1 aliphatic heterocycles. The minimum Gasteiger partial charge on any atom is -0.870 e. The average Bonchev–Trinajstić information content (AvgIpc) is 3.90. The zero-order chi connectivity index (χ0) is 37.2. The van der Waals surface area contributed by atoms with Crippen LogP contribution in [0.5, 0.6) is 11.5 Å². The van der Waals surface area contributed by atoms with Gasteiger partial charge in [0.15, 0.2) is 23.9 Å². The Labute approximate surface area is 312 Å². The largest absolute Gasteiger partial charge is 0.870 e. The number of halogens is 4.